The molecule has 0 aromatic rings. The maximum Gasteiger partial charge on any atom is 0.320 e. The molecular weight excluding hydrogens is 258 g/mol. The summed E-state index contributed by atoms with van der Waals surface area (Å²) >= 11 is 0. The number of rotatable bonds is 6. The van der Waals surface area contributed by atoms with Crippen molar-refractivity contribution in [2.24, 2.45) is 0 Å². The monoisotopic (exact) mass is 285 g/mol. The van der Waals surface area contributed by atoms with Crippen LogP contribution in [0.15, 0.2) is 0 Å². The van der Waals surface area contributed by atoms with Crippen LogP contribution in [0.3, 0.4) is 0 Å². The lowest BCUT2D eigenvalue weighted by Gasteiger charge is -2.38. The van der Waals surface area contributed by atoms with Crippen molar-refractivity contribution in [1.82, 2.24) is 14.7 Å². The van der Waals surface area contributed by atoms with Crippen molar-refractivity contribution in [2.75, 3.05) is 39.3 Å². The molecule has 1 aliphatic rings. The highest BCUT2D eigenvalue weighted by molar-refractivity contribution is 5.75. The summed E-state index contributed by atoms with van der Waals surface area (Å²) in [5.74, 6) is -0.766. The second-order valence-corrected chi connectivity index (χ2v) is 5.30. The summed E-state index contributed by atoms with van der Waals surface area (Å²) in [7, 11) is 0. The standard InChI is InChI=1S/C14H27N3O3/c1-4-12(3)17(5-2)14(20)16-10-8-15(9-11-16)7-6-13(18)19/h12H,4-11H2,1-3H3,(H,18,19). The van der Waals surface area contributed by atoms with Gasteiger partial charge in [0.15, 0.2) is 0 Å². The van der Waals surface area contributed by atoms with Crippen molar-refractivity contribution in [3.63, 3.8) is 0 Å². The van der Waals surface area contributed by atoms with Crippen molar-refractivity contribution >= 4 is 12.0 Å². The zero-order chi connectivity index (χ0) is 15.1. The highest BCUT2D eigenvalue weighted by Gasteiger charge is 2.26. The van der Waals surface area contributed by atoms with Gasteiger partial charge in [0.2, 0.25) is 0 Å². The third-order valence-electron chi connectivity index (χ3n) is 3.99. The number of carboxylic acid groups (broad SMARTS) is 1. The SMILES string of the molecule is CCC(C)N(CC)C(=O)N1CCN(CCC(=O)O)CC1. The number of amides is 2. The molecule has 6 nitrogen and oxygen atoms in total. The van der Waals surface area contributed by atoms with Crippen molar-refractivity contribution < 1.29 is 14.7 Å². The maximum absolute atomic E-state index is 12.4. The van der Waals surface area contributed by atoms with Crippen LogP contribution in [-0.2, 0) is 4.79 Å². The molecule has 0 aromatic heterocycles. The number of nitrogens with zero attached hydrogens (tertiary/aromatic N) is 3. The van der Waals surface area contributed by atoms with Gasteiger partial charge in [0, 0.05) is 45.3 Å². The van der Waals surface area contributed by atoms with Gasteiger partial charge in [-0.1, -0.05) is 6.92 Å². The molecule has 1 N–H and O–H groups in total. The number of hydrogen-bond acceptors (Lipinski definition) is 3. The van der Waals surface area contributed by atoms with Crippen LogP contribution in [-0.4, -0.2) is 77.1 Å². The normalized spacial score (nSPS) is 17.9. The second-order valence-electron chi connectivity index (χ2n) is 5.30. The summed E-state index contributed by atoms with van der Waals surface area (Å²) in [5, 5.41) is 8.68. The minimum Gasteiger partial charge on any atom is -0.481 e. The van der Waals surface area contributed by atoms with E-state index >= 15 is 0 Å². The average molecular weight is 285 g/mol. The molecule has 1 heterocycles. The molecule has 116 valence electrons. The van der Waals surface area contributed by atoms with Gasteiger partial charge in [-0.25, -0.2) is 4.79 Å². The number of carbonyl (C=O) groups excluding carboxylic acids is 1. The molecule has 1 aliphatic heterocycles. The molecule has 1 saturated heterocycles. The first-order valence-electron chi connectivity index (χ1n) is 7.49. The average Bonchev–Trinajstić information content (AvgIpc) is 2.45. The van der Waals surface area contributed by atoms with E-state index < -0.39 is 5.97 Å². The fourth-order valence-electron chi connectivity index (χ4n) is 2.45. The van der Waals surface area contributed by atoms with E-state index in [0.717, 1.165) is 26.1 Å². The molecule has 0 bridgehead atoms. The Morgan fingerprint density at radius 3 is 2.25 bits per heavy atom. The van der Waals surface area contributed by atoms with Crippen molar-refractivity contribution in [2.45, 2.75) is 39.7 Å². The summed E-state index contributed by atoms with van der Waals surface area (Å²) in [4.78, 5) is 28.9. The molecule has 6 heteroatoms. The third kappa shape index (κ3) is 4.67. The van der Waals surface area contributed by atoms with Crippen LogP contribution >= 0.6 is 0 Å². The lowest BCUT2D eigenvalue weighted by Crippen LogP contribution is -2.54. The molecule has 0 aromatic carbocycles. The Morgan fingerprint density at radius 2 is 1.80 bits per heavy atom. The number of hydrogen-bond donors (Lipinski definition) is 1. The van der Waals surface area contributed by atoms with Crippen molar-refractivity contribution in [3.8, 4) is 0 Å². The van der Waals surface area contributed by atoms with Gasteiger partial charge < -0.3 is 14.9 Å². The molecular formula is C14H27N3O3. The van der Waals surface area contributed by atoms with E-state index in [9.17, 15) is 9.59 Å². The molecule has 1 fully saturated rings. The first kappa shape index (κ1) is 16.8. The van der Waals surface area contributed by atoms with Crippen LogP contribution in [0, 0.1) is 0 Å². The molecule has 2 amide bonds. The molecule has 0 aliphatic carbocycles. The van der Waals surface area contributed by atoms with E-state index in [1.54, 1.807) is 0 Å². The van der Waals surface area contributed by atoms with E-state index in [1.165, 1.54) is 0 Å². The van der Waals surface area contributed by atoms with Crippen LogP contribution in [0.2, 0.25) is 0 Å². The van der Waals surface area contributed by atoms with Gasteiger partial charge >= 0.3 is 12.0 Å². The van der Waals surface area contributed by atoms with E-state index in [-0.39, 0.29) is 18.5 Å². The lowest BCUT2D eigenvalue weighted by molar-refractivity contribution is -0.137. The predicted octanol–water partition coefficient (Wildman–Crippen LogP) is 1.32. The van der Waals surface area contributed by atoms with E-state index in [0.29, 0.717) is 19.6 Å². The minimum atomic E-state index is -0.766. The molecule has 0 spiro atoms. The van der Waals surface area contributed by atoms with Crippen LogP contribution in [0.5, 0.6) is 0 Å². The fourth-order valence-corrected chi connectivity index (χ4v) is 2.45. The minimum absolute atomic E-state index is 0.111. The van der Waals surface area contributed by atoms with Crippen LogP contribution in [0.25, 0.3) is 0 Å². The Kier molecular flexibility index (Phi) is 6.78. The predicted molar refractivity (Wildman–Crippen MR) is 77.8 cm³/mol. The largest absolute Gasteiger partial charge is 0.481 e. The van der Waals surface area contributed by atoms with Crippen LogP contribution in [0.1, 0.15) is 33.6 Å². The van der Waals surface area contributed by atoms with Gasteiger partial charge in [-0.2, -0.15) is 0 Å². The highest BCUT2D eigenvalue weighted by Crippen LogP contribution is 2.10. The van der Waals surface area contributed by atoms with E-state index in [4.69, 9.17) is 5.11 Å². The van der Waals surface area contributed by atoms with Gasteiger partial charge in [-0.05, 0) is 20.3 Å². The Labute approximate surface area is 121 Å². The number of urea groups is 1. The Bertz CT molecular complexity index is 328. The van der Waals surface area contributed by atoms with Crippen molar-refractivity contribution in [1.29, 1.82) is 0 Å². The molecule has 1 unspecified atom stereocenters. The lowest BCUT2D eigenvalue weighted by atomic mass is 10.2. The molecule has 0 radical (unpaired) electrons. The Hall–Kier alpha value is -1.30. The number of carbonyl (C=O) groups is 2. The van der Waals surface area contributed by atoms with Gasteiger partial charge in [-0.15, -0.1) is 0 Å². The number of aliphatic carboxylic acids is 1. The third-order valence-corrected chi connectivity index (χ3v) is 3.99. The summed E-state index contributed by atoms with van der Waals surface area (Å²) in [6, 6.07) is 0.372. The van der Waals surface area contributed by atoms with Crippen LogP contribution < -0.4 is 0 Å². The summed E-state index contributed by atoms with van der Waals surface area (Å²) in [6.45, 7) is 10.4. The topological polar surface area (TPSA) is 64.1 Å². The maximum atomic E-state index is 12.4. The molecule has 0 saturated carbocycles. The summed E-state index contributed by atoms with van der Waals surface area (Å²) in [6.07, 6.45) is 1.13. The zero-order valence-corrected chi connectivity index (χ0v) is 12.8. The van der Waals surface area contributed by atoms with Gasteiger partial charge in [-0.3, -0.25) is 9.69 Å². The molecule has 20 heavy (non-hydrogen) atoms. The number of carboxylic acids is 1. The highest BCUT2D eigenvalue weighted by atomic mass is 16.4. The van der Waals surface area contributed by atoms with E-state index in [1.807, 2.05) is 16.7 Å². The second kappa shape index (κ2) is 8.09. The first-order chi connectivity index (χ1) is 9.49. The first-order valence-corrected chi connectivity index (χ1v) is 7.49. The fraction of sp³-hybridized carbons (Fsp3) is 0.857. The van der Waals surface area contributed by atoms with Crippen molar-refractivity contribution in [3.05, 3.63) is 0 Å². The van der Waals surface area contributed by atoms with Crippen LogP contribution in [0.4, 0.5) is 4.79 Å². The van der Waals surface area contributed by atoms with Gasteiger partial charge in [0.05, 0.1) is 6.42 Å². The Balaban J connectivity index is 2.43. The Morgan fingerprint density at radius 1 is 1.20 bits per heavy atom. The van der Waals surface area contributed by atoms with E-state index in [2.05, 4.69) is 18.7 Å². The smallest absolute Gasteiger partial charge is 0.320 e. The quantitative estimate of drug-likeness (QED) is 0.799. The molecule has 1 rings (SSSR count). The summed E-state index contributed by atoms with van der Waals surface area (Å²) in [5.41, 5.74) is 0. The molecule has 1 atom stereocenters. The summed E-state index contributed by atoms with van der Waals surface area (Å²) < 4.78 is 0. The van der Waals surface area contributed by atoms with Gasteiger partial charge in [0.1, 0.15) is 0 Å². The number of piperazine rings is 1. The van der Waals surface area contributed by atoms with Gasteiger partial charge in [0.25, 0.3) is 0 Å². The zero-order valence-electron chi connectivity index (χ0n) is 12.8.